The van der Waals surface area contributed by atoms with Crippen LogP contribution in [0.3, 0.4) is 0 Å². The van der Waals surface area contributed by atoms with Crippen molar-refractivity contribution in [3.05, 3.63) is 0 Å². The highest BCUT2D eigenvalue weighted by atomic mass is 32.2. The third-order valence-corrected chi connectivity index (χ3v) is 10.8. The third kappa shape index (κ3) is 23.9. The number of unbranched alkanes of at least 4 members (excludes halogenated alkanes) is 20. The van der Waals surface area contributed by atoms with Gasteiger partial charge in [-0.2, -0.15) is 8.42 Å². The first-order valence-electron chi connectivity index (χ1n) is 19.0. The van der Waals surface area contributed by atoms with Crippen molar-refractivity contribution in [1.29, 1.82) is 0 Å². The Morgan fingerprint density at radius 2 is 0.875 bits per heavy atom. The van der Waals surface area contributed by atoms with Gasteiger partial charge in [0.25, 0.3) is 10.1 Å². The van der Waals surface area contributed by atoms with Gasteiger partial charge in [0.15, 0.2) is 0 Å². The zero-order chi connectivity index (χ0) is 36.5. The standard InChI is InChI=1S/C30H58O7S.C6H15NO3/c1-3-5-7-9-11-13-15-17-19-21-23-25-27(28(31)32)30(29(33)34,38(35,36)37)26-24-22-20-18-16-14-12-10-8-6-4-2;8-4-1-7(2-5-9)3-6-10/h27H,3-26H2,1-2H3,(H,31,32)(H,33,34)(H,35,36,37);8-10H,1-6H2. The second-order valence-electron chi connectivity index (χ2n) is 13.2. The molecule has 0 spiro atoms. The summed E-state index contributed by atoms with van der Waals surface area (Å²) in [5.41, 5.74) is 0. The molecular weight excluding hydrogens is 638 g/mol. The molecule has 0 heterocycles. The van der Waals surface area contributed by atoms with E-state index in [9.17, 15) is 32.8 Å². The van der Waals surface area contributed by atoms with Crippen LogP contribution in [0.25, 0.3) is 0 Å². The fraction of sp³-hybridized carbons (Fsp3) is 0.944. The molecule has 0 aliphatic rings. The molecule has 2 unspecified atom stereocenters. The number of carbonyl (C=O) groups is 2. The lowest BCUT2D eigenvalue weighted by Gasteiger charge is -2.32. The van der Waals surface area contributed by atoms with Gasteiger partial charge in [0.1, 0.15) is 0 Å². The summed E-state index contributed by atoms with van der Waals surface area (Å²) in [6.45, 7) is 6.14. The van der Waals surface area contributed by atoms with E-state index in [1.807, 2.05) is 0 Å². The van der Waals surface area contributed by atoms with Gasteiger partial charge in [0.2, 0.25) is 4.75 Å². The maximum atomic E-state index is 12.4. The molecule has 11 nitrogen and oxygen atoms in total. The summed E-state index contributed by atoms with van der Waals surface area (Å²) >= 11 is 0. The number of aliphatic hydroxyl groups is 3. The lowest BCUT2D eigenvalue weighted by Crippen LogP contribution is -2.55. The molecule has 288 valence electrons. The number of hydrogen-bond acceptors (Lipinski definition) is 8. The number of aliphatic carboxylic acids is 2. The number of aliphatic hydroxyl groups excluding tert-OH is 3. The summed E-state index contributed by atoms with van der Waals surface area (Å²) in [5.74, 6) is -4.90. The molecule has 0 fully saturated rings. The zero-order valence-corrected chi connectivity index (χ0v) is 31.3. The van der Waals surface area contributed by atoms with Gasteiger partial charge < -0.3 is 25.5 Å². The Balaban J connectivity index is 0. The van der Waals surface area contributed by atoms with E-state index in [4.69, 9.17) is 15.3 Å². The highest BCUT2D eigenvalue weighted by Gasteiger charge is 2.58. The first-order valence-corrected chi connectivity index (χ1v) is 20.4. The number of carboxylic acid groups (broad SMARTS) is 2. The molecular formula is C36H73NO10S. The van der Waals surface area contributed by atoms with Crippen LogP contribution in [0.5, 0.6) is 0 Å². The smallest absolute Gasteiger partial charge is 0.328 e. The van der Waals surface area contributed by atoms with E-state index in [1.54, 1.807) is 4.90 Å². The van der Waals surface area contributed by atoms with Crippen LogP contribution >= 0.6 is 0 Å². The molecule has 0 aromatic heterocycles. The SMILES string of the molecule is CCCCCCCCCCCCCC(C(=O)O)C(CCCCCCCCCCCCC)(C(=O)O)S(=O)(=O)O.OCCN(CCO)CCO. The molecule has 0 saturated carbocycles. The van der Waals surface area contributed by atoms with Gasteiger partial charge >= 0.3 is 11.9 Å². The molecule has 0 aliphatic carbocycles. The van der Waals surface area contributed by atoms with Gasteiger partial charge in [-0.1, -0.05) is 155 Å². The molecule has 0 saturated heterocycles. The number of carboxylic acids is 2. The summed E-state index contributed by atoms with van der Waals surface area (Å²) in [6, 6.07) is 0. The Labute approximate surface area is 292 Å². The Morgan fingerprint density at radius 3 is 1.15 bits per heavy atom. The van der Waals surface area contributed by atoms with Gasteiger partial charge in [-0.05, 0) is 12.8 Å². The molecule has 12 heteroatoms. The molecule has 48 heavy (non-hydrogen) atoms. The maximum Gasteiger partial charge on any atom is 0.328 e. The van der Waals surface area contributed by atoms with Crippen molar-refractivity contribution in [2.75, 3.05) is 39.5 Å². The summed E-state index contributed by atoms with van der Waals surface area (Å²) < 4.78 is 32.0. The van der Waals surface area contributed by atoms with Crippen molar-refractivity contribution >= 4 is 22.1 Å². The third-order valence-electron chi connectivity index (χ3n) is 9.18. The van der Waals surface area contributed by atoms with Crippen LogP contribution in [0.2, 0.25) is 0 Å². The van der Waals surface area contributed by atoms with E-state index in [2.05, 4.69) is 13.8 Å². The van der Waals surface area contributed by atoms with Crippen LogP contribution in [0.4, 0.5) is 0 Å². The summed E-state index contributed by atoms with van der Waals surface area (Å²) in [4.78, 5) is 26.1. The van der Waals surface area contributed by atoms with Gasteiger partial charge in [-0.15, -0.1) is 0 Å². The van der Waals surface area contributed by atoms with Crippen molar-refractivity contribution < 1.29 is 48.1 Å². The van der Waals surface area contributed by atoms with Gasteiger partial charge in [0.05, 0.1) is 25.7 Å². The predicted octanol–water partition coefficient (Wildman–Crippen LogP) is 7.07. The number of hydrogen-bond donors (Lipinski definition) is 6. The predicted molar refractivity (Wildman–Crippen MR) is 193 cm³/mol. The first kappa shape index (κ1) is 48.8. The van der Waals surface area contributed by atoms with Crippen molar-refractivity contribution in [2.24, 2.45) is 5.92 Å². The Hall–Kier alpha value is -1.31. The highest BCUT2D eigenvalue weighted by molar-refractivity contribution is 7.88. The minimum absolute atomic E-state index is 0.0694. The summed E-state index contributed by atoms with van der Waals surface area (Å²) in [5, 5.41) is 45.2. The summed E-state index contributed by atoms with van der Waals surface area (Å²) in [6.07, 6.45) is 22.4. The van der Waals surface area contributed by atoms with Crippen LogP contribution in [-0.4, -0.2) is 99.5 Å². The minimum Gasteiger partial charge on any atom is -0.481 e. The van der Waals surface area contributed by atoms with E-state index in [1.165, 1.54) is 70.6 Å². The fourth-order valence-electron chi connectivity index (χ4n) is 6.23. The quantitative estimate of drug-likeness (QED) is 0.0295. The van der Waals surface area contributed by atoms with Crippen LogP contribution < -0.4 is 0 Å². The van der Waals surface area contributed by atoms with Crippen LogP contribution in [0.15, 0.2) is 0 Å². The molecule has 0 rings (SSSR count). The topological polar surface area (TPSA) is 193 Å². The van der Waals surface area contributed by atoms with Crippen LogP contribution in [0, 0.1) is 5.92 Å². The molecule has 0 radical (unpaired) electrons. The average molecular weight is 712 g/mol. The van der Waals surface area contributed by atoms with Crippen molar-refractivity contribution in [2.45, 2.75) is 173 Å². The molecule has 0 bridgehead atoms. The van der Waals surface area contributed by atoms with Crippen molar-refractivity contribution in [3.8, 4) is 0 Å². The van der Waals surface area contributed by atoms with E-state index < -0.39 is 32.7 Å². The van der Waals surface area contributed by atoms with Gasteiger partial charge in [-0.25, -0.2) is 0 Å². The fourth-order valence-corrected chi connectivity index (χ4v) is 7.43. The van der Waals surface area contributed by atoms with E-state index >= 15 is 0 Å². The molecule has 6 N–H and O–H groups in total. The molecule has 0 aromatic rings. The Morgan fingerprint density at radius 1 is 0.562 bits per heavy atom. The largest absolute Gasteiger partial charge is 0.481 e. The average Bonchev–Trinajstić information content (AvgIpc) is 3.02. The highest BCUT2D eigenvalue weighted by Crippen LogP contribution is 2.37. The van der Waals surface area contributed by atoms with Crippen LogP contribution in [-0.2, 0) is 19.7 Å². The molecule has 0 aromatic carbocycles. The normalized spacial score (nSPS) is 13.6. The van der Waals surface area contributed by atoms with Crippen molar-refractivity contribution in [1.82, 2.24) is 4.90 Å². The lowest BCUT2D eigenvalue weighted by atomic mass is 9.82. The molecule has 0 aliphatic heterocycles. The monoisotopic (exact) mass is 711 g/mol. The van der Waals surface area contributed by atoms with Crippen molar-refractivity contribution in [3.63, 3.8) is 0 Å². The molecule has 0 amide bonds. The maximum absolute atomic E-state index is 12.4. The summed E-state index contributed by atoms with van der Waals surface area (Å²) in [7, 11) is -5.13. The second kappa shape index (κ2) is 32.9. The van der Waals surface area contributed by atoms with Crippen LogP contribution in [0.1, 0.15) is 168 Å². The van der Waals surface area contributed by atoms with Gasteiger partial charge in [-0.3, -0.25) is 19.0 Å². The Bertz CT molecular complexity index is 843. The second-order valence-corrected chi connectivity index (χ2v) is 14.9. The lowest BCUT2D eigenvalue weighted by molar-refractivity contribution is -0.152. The number of nitrogens with zero attached hydrogens (tertiary/aromatic N) is 1. The van der Waals surface area contributed by atoms with E-state index in [0.29, 0.717) is 32.5 Å². The van der Waals surface area contributed by atoms with E-state index in [-0.39, 0.29) is 39.1 Å². The van der Waals surface area contributed by atoms with Gasteiger partial charge in [0, 0.05) is 19.6 Å². The molecule has 2 atom stereocenters. The van der Waals surface area contributed by atoms with E-state index in [0.717, 1.165) is 51.4 Å². The zero-order valence-electron chi connectivity index (χ0n) is 30.5. The number of rotatable bonds is 34. The Kier molecular flexibility index (Phi) is 33.4. The minimum atomic E-state index is -5.13. The first-order chi connectivity index (χ1) is 23.0.